The van der Waals surface area contributed by atoms with Gasteiger partial charge in [-0.2, -0.15) is 0 Å². The Hall–Kier alpha value is -1.57. The molecule has 2 rings (SSSR count). The van der Waals surface area contributed by atoms with Crippen LogP contribution in [0.25, 0.3) is 0 Å². The number of benzene rings is 1. The monoisotopic (exact) mass is 359 g/mol. The lowest BCUT2D eigenvalue weighted by Crippen LogP contribution is -2.00. The molecule has 0 spiro atoms. The summed E-state index contributed by atoms with van der Waals surface area (Å²) < 4.78 is 11.4. The van der Waals surface area contributed by atoms with Crippen molar-refractivity contribution < 1.29 is 19.2 Å². The summed E-state index contributed by atoms with van der Waals surface area (Å²) in [4.78, 5) is 10.9. The van der Waals surface area contributed by atoms with Crippen molar-refractivity contribution in [1.82, 2.24) is 5.16 Å². The Balaban J connectivity index is 2.13. The SMILES string of the molecule is Cc1cc(COc2cc(C(=O)O)ccc2I)on1. The van der Waals surface area contributed by atoms with Crippen LogP contribution in [-0.4, -0.2) is 16.2 Å². The van der Waals surface area contributed by atoms with Gasteiger partial charge in [0, 0.05) is 6.07 Å². The van der Waals surface area contributed by atoms with Crippen LogP contribution < -0.4 is 4.74 Å². The van der Waals surface area contributed by atoms with Crippen molar-refractivity contribution in [3.05, 3.63) is 44.9 Å². The van der Waals surface area contributed by atoms with E-state index in [0.29, 0.717) is 11.5 Å². The average Bonchev–Trinajstić information content (AvgIpc) is 2.74. The number of rotatable bonds is 4. The highest BCUT2D eigenvalue weighted by Crippen LogP contribution is 2.23. The highest BCUT2D eigenvalue weighted by atomic mass is 127. The number of hydrogen-bond donors (Lipinski definition) is 1. The predicted octanol–water partition coefficient (Wildman–Crippen LogP) is 2.86. The molecule has 0 fully saturated rings. The third-order valence-corrected chi connectivity index (χ3v) is 3.12. The zero-order chi connectivity index (χ0) is 13.1. The maximum atomic E-state index is 10.9. The van der Waals surface area contributed by atoms with E-state index in [4.69, 9.17) is 14.4 Å². The van der Waals surface area contributed by atoms with E-state index in [1.807, 2.05) is 6.92 Å². The van der Waals surface area contributed by atoms with Gasteiger partial charge in [-0.15, -0.1) is 0 Å². The Labute approximate surface area is 117 Å². The third-order valence-electron chi connectivity index (χ3n) is 2.22. The van der Waals surface area contributed by atoms with Gasteiger partial charge in [-0.1, -0.05) is 5.16 Å². The summed E-state index contributed by atoms with van der Waals surface area (Å²) in [5.41, 5.74) is 0.974. The van der Waals surface area contributed by atoms with Crippen molar-refractivity contribution in [2.75, 3.05) is 0 Å². The minimum absolute atomic E-state index is 0.194. The fourth-order valence-electron chi connectivity index (χ4n) is 1.38. The number of aryl methyl sites for hydroxylation is 1. The molecule has 2 aromatic rings. The van der Waals surface area contributed by atoms with Crippen LogP contribution >= 0.6 is 22.6 Å². The molecule has 1 N–H and O–H groups in total. The summed E-state index contributed by atoms with van der Waals surface area (Å²) in [5, 5.41) is 12.6. The number of halogens is 1. The van der Waals surface area contributed by atoms with E-state index in [2.05, 4.69) is 27.7 Å². The first-order chi connectivity index (χ1) is 8.56. The molecule has 0 unspecified atom stereocenters. The van der Waals surface area contributed by atoms with Gasteiger partial charge in [-0.05, 0) is 47.7 Å². The highest BCUT2D eigenvalue weighted by molar-refractivity contribution is 14.1. The van der Waals surface area contributed by atoms with E-state index in [1.165, 1.54) is 12.1 Å². The number of aromatic carboxylic acids is 1. The molecule has 0 amide bonds. The van der Waals surface area contributed by atoms with Crippen LogP contribution in [0.1, 0.15) is 21.8 Å². The second-order valence-corrected chi connectivity index (χ2v) is 4.84. The molecule has 1 heterocycles. The zero-order valence-electron chi connectivity index (χ0n) is 9.51. The zero-order valence-corrected chi connectivity index (χ0v) is 11.7. The van der Waals surface area contributed by atoms with Crippen molar-refractivity contribution in [3.8, 4) is 5.75 Å². The fourth-order valence-corrected chi connectivity index (χ4v) is 1.87. The maximum absolute atomic E-state index is 10.9. The Bertz CT molecular complexity index is 579. The number of nitrogens with zero attached hydrogens (tertiary/aromatic N) is 1. The minimum Gasteiger partial charge on any atom is -0.484 e. The topological polar surface area (TPSA) is 72.6 Å². The molecule has 0 atom stereocenters. The molecule has 0 saturated heterocycles. The van der Waals surface area contributed by atoms with E-state index < -0.39 is 5.97 Å². The lowest BCUT2D eigenvalue weighted by atomic mass is 10.2. The van der Waals surface area contributed by atoms with Gasteiger partial charge in [0.05, 0.1) is 14.8 Å². The summed E-state index contributed by atoms with van der Waals surface area (Å²) in [7, 11) is 0. The van der Waals surface area contributed by atoms with Gasteiger partial charge < -0.3 is 14.4 Å². The molecular formula is C12H10INO4. The molecule has 0 aliphatic rings. The fraction of sp³-hybridized carbons (Fsp3) is 0.167. The predicted molar refractivity (Wildman–Crippen MR) is 71.7 cm³/mol. The molecule has 94 valence electrons. The number of carboxylic acid groups (broad SMARTS) is 1. The van der Waals surface area contributed by atoms with Crippen LogP contribution in [0.2, 0.25) is 0 Å². The largest absolute Gasteiger partial charge is 0.484 e. The van der Waals surface area contributed by atoms with E-state index >= 15 is 0 Å². The second kappa shape index (κ2) is 5.38. The Morgan fingerprint density at radius 2 is 2.28 bits per heavy atom. The first kappa shape index (κ1) is 12.9. The summed E-state index contributed by atoms with van der Waals surface area (Å²) in [6.07, 6.45) is 0. The molecule has 0 radical (unpaired) electrons. The Morgan fingerprint density at radius 1 is 1.50 bits per heavy atom. The van der Waals surface area contributed by atoms with Crippen molar-refractivity contribution in [2.24, 2.45) is 0 Å². The van der Waals surface area contributed by atoms with Crippen molar-refractivity contribution in [1.29, 1.82) is 0 Å². The summed E-state index contributed by atoms with van der Waals surface area (Å²) in [6.45, 7) is 2.04. The summed E-state index contributed by atoms with van der Waals surface area (Å²) >= 11 is 2.08. The van der Waals surface area contributed by atoms with Gasteiger partial charge in [-0.25, -0.2) is 4.79 Å². The van der Waals surface area contributed by atoms with E-state index in [-0.39, 0.29) is 12.2 Å². The van der Waals surface area contributed by atoms with Crippen LogP contribution in [0.15, 0.2) is 28.8 Å². The molecule has 1 aromatic heterocycles. The molecule has 0 aliphatic heterocycles. The number of ether oxygens (including phenoxy) is 1. The molecule has 0 aliphatic carbocycles. The molecule has 5 nitrogen and oxygen atoms in total. The normalized spacial score (nSPS) is 10.3. The standard InChI is InChI=1S/C12H10INO4/c1-7-4-9(18-14-7)6-17-11-5-8(12(15)16)2-3-10(11)13/h2-5H,6H2,1H3,(H,15,16). The van der Waals surface area contributed by atoms with Gasteiger partial charge >= 0.3 is 5.97 Å². The van der Waals surface area contributed by atoms with Gasteiger partial charge in [0.1, 0.15) is 12.4 Å². The maximum Gasteiger partial charge on any atom is 0.335 e. The van der Waals surface area contributed by atoms with Crippen LogP contribution in [-0.2, 0) is 6.61 Å². The van der Waals surface area contributed by atoms with E-state index in [9.17, 15) is 4.79 Å². The van der Waals surface area contributed by atoms with Gasteiger partial charge in [0.2, 0.25) is 0 Å². The number of carboxylic acids is 1. The first-order valence-electron chi connectivity index (χ1n) is 5.14. The molecule has 0 bridgehead atoms. The second-order valence-electron chi connectivity index (χ2n) is 3.67. The van der Waals surface area contributed by atoms with Crippen LogP contribution in [0.4, 0.5) is 0 Å². The molecule has 6 heteroatoms. The molecule has 1 aromatic carbocycles. The Morgan fingerprint density at radius 3 is 2.89 bits per heavy atom. The summed E-state index contributed by atoms with van der Waals surface area (Å²) in [5.74, 6) is 0.139. The quantitative estimate of drug-likeness (QED) is 0.850. The van der Waals surface area contributed by atoms with Crippen molar-refractivity contribution in [3.63, 3.8) is 0 Å². The van der Waals surface area contributed by atoms with Crippen LogP contribution in [0, 0.1) is 10.5 Å². The van der Waals surface area contributed by atoms with Gasteiger partial charge in [-0.3, -0.25) is 0 Å². The number of aromatic nitrogens is 1. The number of carbonyl (C=O) groups is 1. The van der Waals surface area contributed by atoms with Crippen LogP contribution in [0.5, 0.6) is 5.75 Å². The van der Waals surface area contributed by atoms with Crippen molar-refractivity contribution in [2.45, 2.75) is 13.5 Å². The third kappa shape index (κ3) is 3.00. The first-order valence-corrected chi connectivity index (χ1v) is 6.22. The lowest BCUT2D eigenvalue weighted by Gasteiger charge is -2.07. The number of hydrogen-bond acceptors (Lipinski definition) is 4. The average molecular weight is 359 g/mol. The van der Waals surface area contributed by atoms with Crippen LogP contribution in [0.3, 0.4) is 0 Å². The summed E-state index contributed by atoms with van der Waals surface area (Å²) in [6, 6.07) is 6.50. The highest BCUT2D eigenvalue weighted by Gasteiger charge is 2.09. The lowest BCUT2D eigenvalue weighted by molar-refractivity contribution is 0.0696. The van der Waals surface area contributed by atoms with E-state index in [0.717, 1.165) is 9.26 Å². The van der Waals surface area contributed by atoms with Gasteiger partial charge in [0.15, 0.2) is 5.76 Å². The minimum atomic E-state index is -0.980. The van der Waals surface area contributed by atoms with E-state index in [1.54, 1.807) is 12.1 Å². The smallest absolute Gasteiger partial charge is 0.335 e. The molecular weight excluding hydrogens is 349 g/mol. The van der Waals surface area contributed by atoms with Gasteiger partial charge in [0.25, 0.3) is 0 Å². The molecule has 0 saturated carbocycles. The molecule has 18 heavy (non-hydrogen) atoms. The Kier molecular flexibility index (Phi) is 3.85. The van der Waals surface area contributed by atoms with Crippen molar-refractivity contribution >= 4 is 28.6 Å².